The summed E-state index contributed by atoms with van der Waals surface area (Å²) in [6.45, 7) is -0.203. The number of rotatable bonds is 3. The minimum Gasteiger partial charge on any atom is -0.480 e. The molecule has 1 aromatic carbocycles. The molecule has 1 unspecified atom stereocenters. The Bertz CT molecular complexity index is 603. The minimum atomic E-state index is -3.93. The summed E-state index contributed by atoms with van der Waals surface area (Å²) in [4.78, 5) is 11.1. The van der Waals surface area contributed by atoms with Crippen molar-refractivity contribution in [1.29, 1.82) is 0 Å². The molecular formula is C11H12BrNO5S. The zero-order valence-corrected chi connectivity index (χ0v) is 12.1. The lowest BCUT2D eigenvalue weighted by Gasteiger charge is -2.20. The first-order valence-corrected chi connectivity index (χ1v) is 7.74. The van der Waals surface area contributed by atoms with E-state index in [1.165, 1.54) is 12.1 Å². The Morgan fingerprint density at radius 2 is 2.11 bits per heavy atom. The van der Waals surface area contributed by atoms with Gasteiger partial charge in [-0.15, -0.1) is 0 Å². The monoisotopic (exact) mass is 349 g/mol. The first-order valence-electron chi connectivity index (χ1n) is 5.50. The average Bonchev–Trinajstić information content (AvgIpc) is 2.72. The number of hydrogen-bond donors (Lipinski definition) is 2. The molecule has 8 heteroatoms. The highest BCUT2D eigenvalue weighted by Gasteiger charge is 2.43. The van der Waals surface area contributed by atoms with E-state index in [0.717, 1.165) is 4.31 Å². The predicted octanol–water partition coefficient (Wildman–Crippen LogP) is 0.658. The van der Waals surface area contributed by atoms with Crippen molar-refractivity contribution >= 4 is 31.9 Å². The fraction of sp³-hybridized carbons (Fsp3) is 0.364. The van der Waals surface area contributed by atoms with Gasteiger partial charge in [-0.1, -0.05) is 22.0 Å². The molecule has 1 saturated heterocycles. The van der Waals surface area contributed by atoms with Gasteiger partial charge in [0.2, 0.25) is 10.0 Å². The van der Waals surface area contributed by atoms with Crippen molar-refractivity contribution in [2.75, 3.05) is 6.54 Å². The van der Waals surface area contributed by atoms with Crippen LogP contribution in [-0.4, -0.2) is 47.6 Å². The van der Waals surface area contributed by atoms with Crippen LogP contribution in [-0.2, 0) is 14.8 Å². The maximum atomic E-state index is 12.4. The van der Waals surface area contributed by atoms with E-state index in [2.05, 4.69) is 15.9 Å². The van der Waals surface area contributed by atoms with E-state index in [0.29, 0.717) is 4.47 Å². The van der Waals surface area contributed by atoms with Gasteiger partial charge in [-0.2, -0.15) is 4.31 Å². The molecule has 1 aliphatic rings. The third-order valence-corrected chi connectivity index (χ3v) is 5.29. The largest absolute Gasteiger partial charge is 0.480 e. The number of β-amino-alcohol motifs (C(OH)–C–C–N with tert-alkyl or cyclic N) is 1. The number of aliphatic hydroxyl groups excluding tert-OH is 1. The number of halogens is 1. The van der Waals surface area contributed by atoms with Gasteiger partial charge in [0.15, 0.2) is 0 Å². The van der Waals surface area contributed by atoms with Crippen LogP contribution < -0.4 is 0 Å². The standard InChI is InChI=1S/C11H12BrNO5S/c12-7-2-1-3-9(4-7)19(17,18)13-6-8(14)5-10(13)11(15)16/h1-4,8,10,14H,5-6H2,(H,15,16)/t8?,10-/m0/s1. The summed E-state index contributed by atoms with van der Waals surface area (Å²) in [5, 5.41) is 18.5. The Morgan fingerprint density at radius 3 is 2.68 bits per heavy atom. The molecule has 0 aromatic heterocycles. The second-order valence-electron chi connectivity index (χ2n) is 4.28. The van der Waals surface area contributed by atoms with E-state index in [9.17, 15) is 18.3 Å². The smallest absolute Gasteiger partial charge is 0.322 e. The highest BCUT2D eigenvalue weighted by atomic mass is 79.9. The van der Waals surface area contributed by atoms with Crippen molar-refractivity contribution in [1.82, 2.24) is 4.31 Å². The summed E-state index contributed by atoms with van der Waals surface area (Å²) in [6, 6.07) is 4.80. The van der Waals surface area contributed by atoms with Crippen molar-refractivity contribution in [3.05, 3.63) is 28.7 Å². The van der Waals surface area contributed by atoms with E-state index in [4.69, 9.17) is 5.11 Å². The third-order valence-electron chi connectivity index (χ3n) is 2.92. The van der Waals surface area contributed by atoms with Crippen molar-refractivity contribution in [2.45, 2.75) is 23.5 Å². The highest BCUT2D eigenvalue weighted by molar-refractivity contribution is 9.10. The van der Waals surface area contributed by atoms with E-state index < -0.39 is 28.1 Å². The molecule has 1 fully saturated rings. The molecule has 1 aromatic rings. The fourth-order valence-corrected chi connectivity index (χ4v) is 4.26. The average molecular weight is 350 g/mol. The SMILES string of the molecule is O=C(O)[C@@H]1CC(O)CN1S(=O)(=O)c1cccc(Br)c1. The molecule has 0 saturated carbocycles. The second kappa shape index (κ2) is 5.20. The molecule has 2 rings (SSSR count). The van der Waals surface area contributed by atoms with Gasteiger partial charge >= 0.3 is 5.97 Å². The Morgan fingerprint density at radius 1 is 1.42 bits per heavy atom. The summed E-state index contributed by atoms with van der Waals surface area (Å²) in [7, 11) is -3.93. The normalized spacial score (nSPS) is 24.5. The summed E-state index contributed by atoms with van der Waals surface area (Å²) in [5.41, 5.74) is 0. The maximum Gasteiger partial charge on any atom is 0.322 e. The van der Waals surface area contributed by atoms with Crippen LogP contribution in [0.5, 0.6) is 0 Å². The van der Waals surface area contributed by atoms with Gasteiger partial charge in [-0.25, -0.2) is 8.42 Å². The molecule has 0 amide bonds. The summed E-state index contributed by atoms with van der Waals surface area (Å²) >= 11 is 3.17. The Kier molecular flexibility index (Phi) is 3.95. The lowest BCUT2D eigenvalue weighted by atomic mass is 10.2. The van der Waals surface area contributed by atoms with Crippen LogP contribution >= 0.6 is 15.9 Å². The van der Waals surface area contributed by atoms with E-state index in [-0.39, 0.29) is 17.9 Å². The summed E-state index contributed by atoms with van der Waals surface area (Å²) < 4.78 is 26.2. The van der Waals surface area contributed by atoms with E-state index in [1.54, 1.807) is 12.1 Å². The first-order chi connectivity index (χ1) is 8.82. The van der Waals surface area contributed by atoms with Gasteiger partial charge in [0.25, 0.3) is 0 Å². The summed E-state index contributed by atoms with van der Waals surface area (Å²) in [6.07, 6.45) is -1.05. The number of benzene rings is 1. The molecule has 1 aliphatic heterocycles. The summed E-state index contributed by atoms with van der Waals surface area (Å²) in [5.74, 6) is -1.25. The molecule has 1 heterocycles. The van der Waals surface area contributed by atoms with Crippen LogP contribution in [0.3, 0.4) is 0 Å². The molecule has 104 valence electrons. The molecule has 0 aliphatic carbocycles. The zero-order valence-electron chi connectivity index (χ0n) is 9.73. The zero-order chi connectivity index (χ0) is 14.2. The van der Waals surface area contributed by atoms with Gasteiger partial charge in [-0.3, -0.25) is 4.79 Å². The Hall–Kier alpha value is -0.960. The fourth-order valence-electron chi connectivity index (χ4n) is 2.04. The molecular weight excluding hydrogens is 338 g/mol. The van der Waals surface area contributed by atoms with Gasteiger partial charge in [0, 0.05) is 17.4 Å². The Balaban J connectivity index is 2.41. The van der Waals surface area contributed by atoms with Crippen molar-refractivity contribution in [3.63, 3.8) is 0 Å². The first kappa shape index (κ1) is 14.4. The highest BCUT2D eigenvalue weighted by Crippen LogP contribution is 2.27. The van der Waals surface area contributed by atoms with E-state index >= 15 is 0 Å². The number of carbonyl (C=O) groups is 1. The number of aliphatic hydroxyl groups is 1. The topological polar surface area (TPSA) is 94.9 Å². The predicted molar refractivity (Wildman–Crippen MR) is 70.1 cm³/mol. The second-order valence-corrected chi connectivity index (χ2v) is 7.08. The van der Waals surface area contributed by atoms with Gasteiger partial charge in [-0.05, 0) is 18.2 Å². The minimum absolute atomic E-state index is 0.00206. The molecule has 6 nitrogen and oxygen atoms in total. The van der Waals surface area contributed by atoms with Crippen molar-refractivity contribution in [3.8, 4) is 0 Å². The number of hydrogen-bond acceptors (Lipinski definition) is 4. The molecule has 0 spiro atoms. The van der Waals surface area contributed by atoms with E-state index in [1.807, 2.05) is 0 Å². The number of carboxylic acid groups (broad SMARTS) is 1. The quantitative estimate of drug-likeness (QED) is 0.835. The van der Waals surface area contributed by atoms with Crippen LogP contribution in [0.1, 0.15) is 6.42 Å². The lowest BCUT2D eigenvalue weighted by Crippen LogP contribution is -2.40. The van der Waals surface area contributed by atoms with Crippen LogP contribution in [0.15, 0.2) is 33.6 Å². The number of aliphatic carboxylic acids is 1. The van der Waals surface area contributed by atoms with Crippen LogP contribution in [0, 0.1) is 0 Å². The molecule has 2 atom stereocenters. The van der Waals surface area contributed by atoms with Crippen molar-refractivity contribution in [2.24, 2.45) is 0 Å². The lowest BCUT2D eigenvalue weighted by molar-refractivity contribution is -0.140. The third kappa shape index (κ3) is 2.81. The van der Waals surface area contributed by atoms with Crippen LogP contribution in [0.2, 0.25) is 0 Å². The van der Waals surface area contributed by atoms with Crippen molar-refractivity contribution < 1.29 is 23.4 Å². The van der Waals surface area contributed by atoms with Crippen LogP contribution in [0.25, 0.3) is 0 Å². The number of carboxylic acids is 1. The molecule has 0 bridgehead atoms. The van der Waals surface area contributed by atoms with Crippen LogP contribution in [0.4, 0.5) is 0 Å². The van der Waals surface area contributed by atoms with Gasteiger partial charge in [0.1, 0.15) is 6.04 Å². The molecule has 0 radical (unpaired) electrons. The molecule has 2 N–H and O–H groups in total. The molecule has 19 heavy (non-hydrogen) atoms. The van der Waals surface area contributed by atoms with Gasteiger partial charge in [0.05, 0.1) is 11.0 Å². The van der Waals surface area contributed by atoms with Gasteiger partial charge < -0.3 is 10.2 Å². The number of sulfonamides is 1. The number of nitrogens with zero attached hydrogens (tertiary/aromatic N) is 1. The maximum absolute atomic E-state index is 12.4. The Labute approximate surface area is 118 Å².